The second-order valence-corrected chi connectivity index (χ2v) is 6.74. The van der Waals surface area contributed by atoms with E-state index in [0.29, 0.717) is 28.3 Å². The van der Waals surface area contributed by atoms with Crippen LogP contribution < -0.4 is 15.4 Å². The van der Waals surface area contributed by atoms with Crippen molar-refractivity contribution in [3.8, 4) is 5.75 Å². The average Bonchev–Trinajstić information content (AvgIpc) is 2.79. The largest absolute Gasteiger partial charge is 0.497 e. The number of hydrogen-bond acceptors (Lipinski definition) is 3. The van der Waals surface area contributed by atoms with Crippen LogP contribution in [0.2, 0.25) is 0 Å². The lowest BCUT2D eigenvalue weighted by molar-refractivity contribution is 0.101. The van der Waals surface area contributed by atoms with Crippen molar-refractivity contribution < 1.29 is 14.3 Å². The molecule has 4 rings (SSSR count). The van der Waals surface area contributed by atoms with Gasteiger partial charge in [-0.05, 0) is 59.3 Å². The van der Waals surface area contributed by atoms with Crippen LogP contribution >= 0.6 is 0 Å². The molecule has 0 heterocycles. The fraction of sp³-hybridized carbons (Fsp3) is 0.0400. The normalized spacial score (nSPS) is 10.4. The highest BCUT2D eigenvalue weighted by atomic mass is 16.5. The van der Waals surface area contributed by atoms with E-state index in [1.54, 1.807) is 61.7 Å². The predicted octanol–water partition coefficient (Wildman–Crippen LogP) is 5.35. The van der Waals surface area contributed by atoms with E-state index in [4.69, 9.17) is 4.74 Å². The highest BCUT2D eigenvalue weighted by molar-refractivity contribution is 6.13. The highest BCUT2D eigenvalue weighted by Crippen LogP contribution is 2.21. The lowest BCUT2D eigenvalue weighted by Crippen LogP contribution is -2.15. The van der Waals surface area contributed by atoms with Crippen molar-refractivity contribution in [1.29, 1.82) is 0 Å². The summed E-state index contributed by atoms with van der Waals surface area (Å²) in [6, 6.07) is 27.3. The molecule has 0 aliphatic rings. The Bertz CT molecular complexity index is 1210. The van der Waals surface area contributed by atoms with E-state index < -0.39 is 0 Å². The molecule has 0 bridgehead atoms. The number of rotatable bonds is 5. The van der Waals surface area contributed by atoms with Crippen LogP contribution in [0.5, 0.6) is 5.75 Å². The third-order valence-electron chi connectivity index (χ3n) is 4.76. The van der Waals surface area contributed by atoms with Crippen molar-refractivity contribution >= 4 is 34.0 Å². The van der Waals surface area contributed by atoms with Gasteiger partial charge in [0, 0.05) is 22.5 Å². The molecule has 5 nitrogen and oxygen atoms in total. The van der Waals surface area contributed by atoms with Gasteiger partial charge in [0.05, 0.1) is 7.11 Å². The van der Waals surface area contributed by atoms with Crippen molar-refractivity contribution in [2.75, 3.05) is 17.7 Å². The van der Waals surface area contributed by atoms with Crippen LogP contribution in [0.3, 0.4) is 0 Å². The number of anilines is 2. The zero-order chi connectivity index (χ0) is 20.9. The fourth-order valence-corrected chi connectivity index (χ4v) is 3.24. The van der Waals surface area contributed by atoms with Gasteiger partial charge in [-0.25, -0.2) is 0 Å². The molecule has 5 heteroatoms. The minimum absolute atomic E-state index is 0.223. The van der Waals surface area contributed by atoms with Gasteiger partial charge in [-0.2, -0.15) is 0 Å². The first-order chi connectivity index (χ1) is 14.6. The summed E-state index contributed by atoms with van der Waals surface area (Å²) in [5.41, 5.74) is 2.24. The Morgan fingerprint density at radius 2 is 1.40 bits per heavy atom. The maximum absolute atomic E-state index is 12.8. The van der Waals surface area contributed by atoms with Crippen molar-refractivity contribution in [3.05, 3.63) is 102 Å². The van der Waals surface area contributed by atoms with E-state index in [9.17, 15) is 9.59 Å². The molecule has 0 aromatic heterocycles. The number of amides is 2. The monoisotopic (exact) mass is 396 g/mol. The maximum atomic E-state index is 12.8. The molecule has 148 valence electrons. The Balaban J connectivity index is 1.51. The minimum Gasteiger partial charge on any atom is -0.497 e. The molecule has 4 aromatic carbocycles. The molecular weight excluding hydrogens is 376 g/mol. The molecule has 0 spiro atoms. The summed E-state index contributed by atoms with van der Waals surface area (Å²) in [5, 5.41) is 7.61. The van der Waals surface area contributed by atoms with Crippen molar-refractivity contribution in [2.45, 2.75) is 0 Å². The third kappa shape index (κ3) is 4.15. The summed E-state index contributed by atoms with van der Waals surface area (Å²) < 4.78 is 5.12. The number of fused-ring (bicyclic) bond motifs is 1. The first kappa shape index (κ1) is 19.2. The molecule has 30 heavy (non-hydrogen) atoms. The summed E-state index contributed by atoms with van der Waals surface area (Å²) in [7, 11) is 1.59. The zero-order valence-electron chi connectivity index (χ0n) is 16.4. The van der Waals surface area contributed by atoms with Crippen LogP contribution in [-0.2, 0) is 0 Å². The first-order valence-corrected chi connectivity index (χ1v) is 9.48. The van der Waals surface area contributed by atoms with Gasteiger partial charge in [-0.3, -0.25) is 9.59 Å². The van der Waals surface area contributed by atoms with Crippen LogP contribution in [0, 0.1) is 0 Å². The molecule has 0 fully saturated rings. The molecular formula is C25H20N2O3. The van der Waals surface area contributed by atoms with E-state index >= 15 is 0 Å². The SMILES string of the molecule is COc1ccc(NC(=O)c2cccc(NC(=O)c3cccc4ccccc34)c2)cc1. The molecule has 2 N–H and O–H groups in total. The summed E-state index contributed by atoms with van der Waals surface area (Å²) >= 11 is 0. The number of methoxy groups -OCH3 is 1. The summed E-state index contributed by atoms with van der Waals surface area (Å²) in [6.45, 7) is 0. The topological polar surface area (TPSA) is 67.4 Å². The number of hydrogen-bond donors (Lipinski definition) is 2. The Kier molecular flexibility index (Phi) is 5.44. The number of nitrogens with one attached hydrogen (secondary N) is 2. The lowest BCUT2D eigenvalue weighted by atomic mass is 10.0. The number of benzene rings is 4. The van der Waals surface area contributed by atoms with Crippen LogP contribution in [0.25, 0.3) is 10.8 Å². The fourth-order valence-electron chi connectivity index (χ4n) is 3.24. The van der Waals surface area contributed by atoms with Gasteiger partial charge in [-0.1, -0.05) is 42.5 Å². The Morgan fingerprint density at radius 3 is 2.20 bits per heavy atom. The molecule has 4 aromatic rings. The molecule has 0 aliphatic carbocycles. The van der Waals surface area contributed by atoms with Gasteiger partial charge in [0.2, 0.25) is 0 Å². The lowest BCUT2D eigenvalue weighted by Gasteiger charge is -2.10. The van der Waals surface area contributed by atoms with Crippen LogP contribution in [0.4, 0.5) is 11.4 Å². The molecule has 2 amide bonds. The number of carbonyl (C=O) groups is 2. The van der Waals surface area contributed by atoms with E-state index in [0.717, 1.165) is 10.8 Å². The first-order valence-electron chi connectivity index (χ1n) is 9.48. The smallest absolute Gasteiger partial charge is 0.256 e. The maximum Gasteiger partial charge on any atom is 0.256 e. The Morgan fingerprint density at radius 1 is 0.700 bits per heavy atom. The highest BCUT2D eigenvalue weighted by Gasteiger charge is 2.12. The average molecular weight is 396 g/mol. The van der Waals surface area contributed by atoms with Crippen molar-refractivity contribution in [1.82, 2.24) is 0 Å². The number of carbonyl (C=O) groups excluding carboxylic acids is 2. The van der Waals surface area contributed by atoms with Gasteiger partial charge in [0.25, 0.3) is 11.8 Å². The van der Waals surface area contributed by atoms with Crippen LogP contribution in [-0.4, -0.2) is 18.9 Å². The molecule has 0 atom stereocenters. The van der Waals surface area contributed by atoms with Gasteiger partial charge in [-0.15, -0.1) is 0 Å². The minimum atomic E-state index is -0.263. The molecule has 0 saturated carbocycles. The van der Waals surface area contributed by atoms with E-state index in [1.807, 2.05) is 36.4 Å². The zero-order valence-corrected chi connectivity index (χ0v) is 16.4. The molecule has 0 aliphatic heterocycles. The second kappa shape index (κ2) is 8.49. The standard InChI is InChI=1S/C25H20N2O3/c1-30-21-14-12-19(13-15-21)26-24(28)18-8-4-9-20(16-18)27-25(29)23-11-5-7-17-6-2-3-10-22(17)23/h2-16H,1H3,(H,26,28)(H,27,29). The quantitative estimate of drug-likeness (QED) is 0.478. The third-order valence-corrected chi connectivity index (χ3v) is 4.76. The van der Waals surface area contributed by atoms with Gasteiger partial charge in [0.1, 0.15) is 5.75 Å². The summed E-state index contributed by atoms with van der Waals surface area (Å²) in [6.07, 6.45) is 0. The van der Waals surface area contributed by atoms with E-state index in [-0.39, 0.29) is 11.8 Å². The van der Waals surface area contributed by atoms with Gasteiger partial charge < -0.3 is 15.4 Å². The van der Waals surface area contributed by atoms with Crippen molar-refractivity contribution in [2.24, 2.45) is 0 Å². The summed E-state index contributed by atoms with van der Waals surface area (Å²) in [4.78, 5) is 25.4. The Labute approximate surface area is 174 Å². The Hall–Kier alpha value is -4.12. The molecule has 0 unspecified atom stereocenters. The van der Waals surface area contributed by atoms with Crippen LogP contribution in [0.15, 0.2) is 91.0 Å². The van der Waals surface area contributed by atoms with Crippen molar-refractivity contribution in [3.63, 3.8) is 0 Å². The van der Waals surface area contributed by atoms with Gasteiger partial charge in [0.15, 0.2) is 0 Å². The molecule has 0 saturated heterocycles. The second-order valence-electron chi connectivity index (χ2n) is 6.74. The van der Waals surface area contributed by atoms with E-state index in [2.05, 4.69) is 10.6 Å². The van der Waals surface area contributed by atoms with Gasteiger partial charge >= 0.3 is 0 Å². The predicted molar refractivity (Wildman–Crippen MR) is 119 cm³/mol. The van der Waals surface area contributed by atoms with Crippen LogP contribution in [0.1, 0.15) is 20.7 Å². The number of ether oxygens (including phenoxy) is 1. The molecule has 0 radical (unpaired) electrons. The summed E-state index contributed by atoms with van der Waals surface area (Å²) in [5.74, 6) is 0.229. The van der Waals surface area contributed by atoms with E-state index in [1.165, 1.54) is 0 Å².